The van der Waals surface area contributed by atoms with Crippen LogP contribution in [-0.2, 0) is 5.41 Å². The first kappa shape index (κ1) is 12.7. The summed E-state index contributed by atoms with van der Waals surface area (Å²) in [7, 11) is 1.73. The number of ether oxygens (including phenoxy) is 1. The Morgan fingerprint density at radius 3 is 2.11 bits per heavy atom. The van der Waals surface area contributed by atoms with Crippen molar-refractivity contribution in [2.24, 2.45) is 0 Å². The molecule has 0 aliphatic rings. The topological polar surface area (TPSA) is 9.23 Å². The van der Waals surface area contributed by atoms with Crippen LogP contribution >= 0.6 is 0 Å². The van der Waals surface area contributed by atoms with Gasteiger partial charge in [-0.25, -0.2) is 0 Å². The van der Waals surface area contributed by atoms with Crippen LogP contribution in [0.15, 0.2) is 48.5 Å². The Morgan fingerprint density at radius 2 is 1.56 bits per heavy atom. The summed E-state index contributed by atoms with van der Waals surface area (Å²) in [4.78, 5) is 0. The van der Waals surface area contributed by atoms with Crippen molar-refractivity contribution in [3.05, 3.63) is 54.1 Å². The van der Waals surface area contributed by atoms with E-state index in [1.54, 1.807) is 7.11 Å². The molecule has 0 atom stereocenters. The minimum atomic E-state index is 0.141. The van der Waals surface area contributed by atoms with Gasteiger partial charge in [0.25, 0.3) is 0 Å². The quantitative estimate of drug-likeness (QED) is 0.741. The predicted octanol–water partition coefficient (Wildman–Crippen LogP) is 4.66. The lowest BCUT2D eigenvalue weighted by Crippen LogP contribution is -2.11. The van der Waals surface area contributed by atoms with Gasteiger partial charge in [0.2, 0.25) is 0 Å². The van der Waals surface area contributed by atoms with E-state index in [9.17, 15) is 0 Å². The Hall–Kier alpha value is -1.76. The van der Waals surface area contributed by atoms with Crippen LogP contribution in [0.1, 0.15) is 26.3 Å². The molecule has 0 aromatic heterocycles. The number of benzene rings is 2. The lowest BCUT2D eigenvalue weighted by Gasteiger charge is -2.21. The summed E-state index contributed by atoms with van der Waals surface area (Å²) in [5, 5.41) is 0. The largest absolute Gasteiger partial charge is 0.496 e. The van der Waals surface area contributed by atoms with Gasteiger partial charge >= 0.3 is 0 Å². The first-order valence-corrected chi connectivity index (χ1v) is 6.26. The van der Waals surface area contributed by atoms with Crippen LogP contribution in [0, 0.1) is 0 Å². The van der Waals surface area contributed by atoms with E-state index in [1.165, 1.54) is 11.1 Å². The predicted molar refractivity (Wildman–Crippen MR) is 77.1 cm³/mol. The normalized spacial score (nSPS) is 11.3. The fourth-order valence-corrected chi connectivity index (χ4v) is 2.01. The third kappa shape index (κ3) is 2.56. The average Bonchev–Trinajstić information content (AvgIpc) is 2.38. The standard InChI is InChI=1S/C17H20O/c1-17(2,3)14-10-11-15(16(12-14)18-4)13-8-6-5-7-9-13/h5-12H,1-4H3. The molecule has 2 aromatic carbocycles. The van der Waals surface area contributed by atoms with Crippen LogP contribution in [0.5, 0.6) is 5.75 Å². The Balaban J connectivity index is 2.51. The van der Waals surface area contributed by atoms with Crippen molar-refractivity contribution in [1.82, 2.24) is 0 Å². The van der Waals surface area contributed by atoms with Gasteiger partial charge in [0.05, 0.1) is 7.11 Å². The molecule has 0 heterocycles. The lowest BCUT2D eigenvalue weighted by molar-refractivity contribution is 0.414. The maximum Gasteiger partial charge on any atom is 0.126 e. The molecule has 0 saturated carbocycles. The molecule has 0 spiro atoms. The summed E-state index contributed by atoms with van der Waals surface area (Å²) in [6.45, 7) is 6.64. The summed E-state index contributed by atoms with van der Waals surface area (Å²) in [5.74, 6) is 0.939. The van der Waals surface area contributed by atoms with Crippen molar-refractivity contribution in [2.45, 2.75) is 26.2 Å². The number of hydrogen-bond donors (Lipinski definition) is 0. The highest BCUT2D eigenvalue weighted by molar-refractivity contribution is 5.71. The maximum absolute atomic E-state index is 5.54. The first-order valence-electron chi connectivity index (χ1n) is 6.26. The molecule has 0 saturated heterocycles. The Kier molecular flexibility index (Phi) is 3.42. The van der Waals surface area contributed by atoms with E-state index in [4.69, 9.17) is 4.74 Å². The summed E-state index contributed by atoms with van der Waals surface area (Å²) >= 11 is 0. The highest BCUT2D eigenvalue weighted by Gasteiger charge is 2.16. The summed E-state index contributed by atoms with van der Waals surface area (Å²) in [6.07, 6.45) is 0. The average molecular weight is 240 g/mol. The third-order valence-corrected chi connectivity index (χ3v) is 3.15. The number of rotatable bonds is 2. The second-order valence-corrected chi connectivity index (χ2v) is 5.53. The molecular formula is C17H20O. The Labute approximate surface area is 109 Å². The van der Waals surface area contributed by atoms with Gasteiger partial charge in [0, 0.05) is 5.56 Å². The molecule has 2 aromatic rings. The molecule has 0 aliphatic heterocycles. The lowest BCUT2D eigenvalue weighted by atomic mass is 9.86. The van der Waals surface area contributed by atoms with Gasteiger partial charge in [-0.15, -0.1) is 0 Å². The molecule has 0 unspecified atom stereocenters. The van der Waals surface area contributed by atoms with E-state index in [1.807, 2.05) is 18.2 Å². The van der Waals surface area contributed by atoms with Gasteiger partial charge in [0.1, 0.15) is 5.75 Å². The first-order chi connectivity index (χ1) is 8.52. The molecule has 2 rings (SSSR count). The fraction of sp³-hybridized carbons (Fsp3) is 0.294. The number of hydrogen-bond acceptors (Lipinski definition) is 1. The van der Waals surface area contributed by atoms with Crippen molar-refractivity contribution < 1.29 is 4.74 Å². The van der Waals surface area contributed by atoms with Crippen LogP contribution in [0.3, 0.4) is 0 Å². The van der Waals surface area contributed by atoms with Crippen molar-refractivity contribution in [3.8, 4) is 16.9 Å². The molecule has 0 amide bonds. The van der Waals surface area contributed by atoms with E-state index in [0.717, 1.165) is 11.3 Å². The van der Waals surface area contributed by atoms with Crippen LogP contribution in [-0.4, -0.2) is 7.11 Å². The summed E-state index contributed by atoms with van der Waals surface area (Å²) < 4.78 is 5.54. The second kappa shape index (κ2) is 4.85. The van der Waals surface area contributed by atoms with Crippen molar-refractivity contribution in [3.63, 3.8) is 0 Å². The molecule has 18 heavy (non-hydrogen) atoms. The van der Waals surface area contributed by atoms with Crippen molar-refractivity contribution >= 4 is 0 Å². The van der Waals surface area contributed by atoms with Crippen molar-refractivity contribution in [1.29, 1.82) is 0 Å². The van der Waals surface area contributed by atoms with Gasteiger partial charge in [-0.3, -0.25) is 0 Å². The molecule has 0 fully saturated rings. The van der Waals surface area contributed by atoms with E-state index >= 15 is 0 Å². The van der Waals surface area contributed by atoms with Gasteiger partial charge in [-0.05, 0) is 22.6 Å². The van der Waals surface area contributed by atoms with E-state index in [2.05, 4.69) is 51.1 Å². The van der Waals surface area contributed by atoms with E-state index in [-0.39, 0.29) is 5.41 Å². The van der Waals surface area contributed by atoms with E-state index in [0.29, 0.717) is 0 Å². The van der Waals surface area contributed by atoms with Gasteiger partial charge in [-0.2, -0.15) is 0 Å². The number of methoxy groups -OCH3 is 1. The minimum Gasteiger partial charge on any atom is -0.496 e. The summed E-state index contributed by atoms with van der Waals surface area (Å²) in [6, 6.07) is 16.8. The third-order valence-electron chi connectivity index (χ3n) is 3.15. The molecule has 0 aliphatic carbocycles. The van der Waals surface area contributed by atoms with Crippen LogP contribution in [0.25, 0.3) is 11.1 Å². The SMILES string of the molecule is COc1cc(C(C)(C)C)ccc1-c1ccccc1. The smallest absolute Gasteiger partial charge is 0.126 e. The van der Waals surface area contributed by atoms with Crippen LogP contribution in [0.4, 0.5) is 0 Å². The molecule has 0 N–H and O–H groups in total. The zero-order chi connectivity index (χ0) is 13.2. The molecule has 94 valence electrons. The highest BCUT2D eigenvalue weighted by Crippen LogP contribution is 2.34. The molecular weight excluding hydrogens is 220 g/mol. The van der Waals surface area contributed by atoms with Gasteiger partial charge in [-0.1, -0.05) is 63.2 Å². The second-order valence-electron chi connectivity index (χ2n) is 5.53. The Morgan fingerprint density at radius 1 is 0.889 bits per heavy atom. The molecule has 1 heteroatoms. The monoisotopic (exact) mass is 240 g/mol. The molecule has 1 nitrogen and oxygen atoms in total. The van der Waals surface area contributed by atoms with E-state index < -0.39 is 0 Å². The minimum absolute atomic E-state index is 0.141. The summed E-state index contributed by atoms with van der Waals surface area (Å²) in [5.41, 5.74) is 3.77. The zero-order valence-electron chi connectivity index (χ0n) is 11.5. The fourth-order valence-electron chi connectivity index (χ4n) is 2.01. The van der Waals surface area contributed by atoms with Crippen molar-refractivity contribution in [2.75, 3.05) is 7.11 Å². The van der Waals surface area contributed by atoms with Gasteiger partial charge in [0.15, 0.2) is 0 Å². The van der Waals surface area contributed by atoms with Crippen LogP contribution in [0.2, 0.25) is 0 Å². The highest BCUT2D eigenvalue weighted by atomic mass is 16.5. The Bertz CT molecular complexity index is 521. The zero-order valence-corrected chi connectivity index (χ0v) is 11.5. The van der Waals surface area contributed by atoms with Gasteiger partial charge < -0.3 is 4.74 Å². The molecule has 0 bridgehead atoms. The van der Waals surface area contributed by atoms with Crippen LogP contribution < -0.4 is 4.74 Å². The molecule has 0 radical (unpaired) electrons. The maximum atomic E-state index is 5.54.